The molecule has 0 saturated carbocycles. The van der Waals surface area contributed by atoms with Crippen molar-refractivity contribution in [3.8, 4) is 11.4 Å². The summed E-state index contributed by atoms with van der Waals surface area (Å²) in [7, 11) is 0. The smallest absolute Gasteiger partial charge is 0.344 e. The molecule has 9 heteroatoms. The third-order valence-electron chi connectivity index (χ3n) is 5.73. The van der Waals surface area contributed by atoms with Gasteiger partial charge in [-0.2, -0.15) is 9.78 Å². The van der Waals surface area contributed by atoms with Crippen LogP contribution in [0.4, 0.5) is 0 Å². The predicted molar refractivity (Wildman–Crippen MR) is 143 cm³/mol. The van der Waals surface area contributed by atoms with Crippen LogP contribution in [0.25, 0.3) is 16.6 Å². The molecule has 0 spiro atoms. The van der Waals surface area contributed by atoms with Crippen molar-refractivity contribution in [3.05, 3.63) is 86.1 Å². The topological polar surface area (TPSA) is 87.7 Å². The molecule has 186 valence electrons. The fourth-order valence-electron chi connectivity index (χ4n) is 4.01. The van der Waals surface area contributed by atoms with Crippen LogP contribution in [-0.4, -0.2) is 39.6 Å². The van der Waals surface area contributed by atoms with E-state index in [4.69, 9.17) is 9.47 Å². The lowest BCUT2D eigenvalue weighted by Gasteiger charge is -2.11. The molecule has 0 bridgehead atoms. The van der Waals surface area contributed by atoms with Crippen molar-refractivity contribution in [2.45, 2.75) is 34.1 Å². The largest absolute Gasteiger partial charge is 0.482 e. The number of hydrogen-bond donors (Lipinski definition) is 0. The van der Waals surface area contributed by atoms with Gasteiger partial charge in [-0.05, 0) is 69.3 Å². The van der Waals surface area contributed by atoms with Gasteiger partial charge in [-0.3, -0.25) is 4.79 Å². The minimum Gasteiger partial charge on any atom is -0.482 e. The molecule has 0 radical (unpaired) electrons. The van der Waals surface area contributed by atoms with Gasteiger partial charge < -0.3 is 14.0 Å². The first-order valence-corrected chi connectivity index (χ1v) is 12.4. The number of nitrogens with zero attached hydrogens (tertiary/aromatic N) is 4. The average Bonchev–Trinajstić information content (AvgIpc) is 3.15. The van der Waals surface area contributed by atoms with Gasteiger partial charge in [0.2, 0.25) is 0 Å². The molecule has 0 amide bonds. The Morgan fingerprint density at radius 3 is 2.56 bits per heavy atom. The minimum atomic E-state index is -0.401. The number of esters is 1. The zero-order chi connectivity index (χ0) is 25.8. The number of benzene rings is 2. The molecule has 4 rings (SSSR count). The number of hydrogen-bond acceptors (Lipinski definition) is 6. The van der Waals surface area contributed by atoms with Crippen LogP contribution in [0.2, 0.25) is 0 Å². The maximum atomic E-state index is 13.2. The van der Waals surface area contributed by atoms with E-state index < -0.39 is 5.97 Å². The Hall–Kier alpha value is -3.72. The van der Waals surface area contributed by atoms with E-state index >= 15 is 0 Å². The van der Waals surface area contributed by atoms with Crippen LogP contribution in [0.5, 0.6) is 5.75 Å². The summed E-state index contributed by atoms with van der Waals surface area (Å²) < 4.78 is 14.7. The lowest BCUT2D eigenvalue weighted by Crippen LogP contribution is -2.22. The number of halogens is 1. The van der Waals surface area contributed by atoms with Gasteiger partial charge in [0, 0.05) is 33.5 Å². The number of aromatic nitrogens is 3. The van der Waals surface area contributed by atoms with Crippen LogP contribution in [0.3, 0.4) is 0 Å². The highest BCUT2D eigenvalue weighted by molar-refractivity contribution is 9.10. The summed E-state index contributed by atoms with van der Waals surface area (Å²) in [6.45, 7) is 7.90. The zero-order valence-corrected chi connectivity index (χ0v) is 22.2. The molecule has 2 aromatic carbocycles. The van der Waals surface area contributed by atoms with Gasteiger partial charge in [-0.25, -0.2) is 9.78 Å². The molecule has 2 aromatic heterocycles. The van der Waals surface area contributed by atoms with Crippen LogP contribution < -0.4 is 10.3 Å². The van der Waals surface area contributed by atoms with Crippen LogP contribution in [0.15, 0.2) is 62.9 Å². The second kappa shape index (κ2) is 10.9. The summed E-state index contributed by atoms with van der Waals surface area (Å²) >= 11 is 3.42. The first kappa shape index (κ1) is 25.4. The Morgan fingerprint density at radius 2 is 1.86 bits per heavy atom. The second-order valence-electron chi connectivity index (χ2n) is 8.15. The Labute approximate surface area is 217 Å². The van der Waals surface area contributed by atoms with Gasteiger partial charge in [0.1, 0.15) is 11.6 Å². The zero-order valence-electron chi connectivity index (χ0n) is 20.6. The number of fused-ring (bicyclic) bond motifs is 1. The molecule has 0 fully saturated rings. The number of ether oxygens (including phenoxy) is 2. The standard InChI is InChI=1S/C27H27BrN4O4/c1-5-25-30-24-12-7-20(28)14-23(24)27(34)32(25)29-15-19-13-17(3)31(18(19)4)21-8-10-22(11-9-21)36-16-26(33)35-6-2/h7-15H,5-6,16H2,1-4H3. The van der Waals surface area contributed by atoms with E-state index in [1.54, 1.807) is 19.2 Å². The lowest BCUT2D eigenvalue weighted by molar-refractivity contribution is -0.145. The molecule has 0 N–H and O–H groups in total. The normalized spacial score (nSPS) is 11.4. The van der Waals surface area contributed by atoms with E-state index in [1.807, 2.05) is 63.2 Å². The summed E-state index contributed by atoms with van der Waals surface area (Å²) in [6, 6.07) is 15.0. The fourth-order valence-corrected chi connectivity index (χ4v) is 4.38. The van der Waals surface area contributed by atoms with Crippen LogP contribution in [-0.2, 0) is 16.0 Å². The van der Waals surface area contributed by atoms with Crippen molar-refractivity contribution < 1.29 is 14.3 Å². The maximum absolute atomic E-state index is 13.2. The third kappa shape index (κ3) is 5.26. The van der Waals surface area contributed by atoms with E-state index in [1.165, 1.54) is 4.68 Å². The Bertz CT molecular complexity index is 1500. The third-order valence-corrected chi connectivity index (χ3v) is 6.22. The first-order valence-electron chi connectivity index (χ1n) is 11.7. The highest BCUT2D eigenvalue weighted by atomic mass is 79.9. The van der Waals surface area contributed by atoms with Crippen LogP contribution >= 0.6 is 15.9 Å². The highest BCUT2D eigenvalue weighted by Gasteiger charge is 2.13. The molecule has 0 aliphatic heterocycles. The van der Waals surface area contributed by atoms with Crippen molar-refractivity contribution in [2.24, 2.45) is 5.10 Å². The van der Waals surface area contributed by atoms with E-state index in [0.717, 1.165) is 27.1 Å². The summed E-state index contributed by atoms with van der Waals surface area (Å²) in [5, 5.41) is 5.04. The summed E-state index contributed by atoms with van der Waals surface area (Å²) in [5.41, 5.74) is 4.26. The van der Waals surface area contributed by atoms with Gasteiger partial charge in [-0.1, -0.05) is 22.9 Å². The van der Waals surface area contributed by atoms with Gasteiger partial charge in [-0.15, -0.1) is 0 Å². The number of carbonyl (C=O) groups excluding carboxylic acids is 1. The molecule has 2 heterocycles. The SMILES string of the molecule is CCOC(=O)COc1ccc(-n2c(C)cc(C=Nn3c(CC)nc4ccc(Br)cc4c3=O)c2C)cc1. The summed E-state index contributed by atoms with van der Waals surface area (Å²) in [5.74, 6) is 0.776. The molecule has 0 aliphatic carbocycles. The Kier molecular flexibility index (Phi) is 7.69. The van der Waals surface area contributed by atoms with E-state index in [9.17, 15) is 9.59 Å². The van der Waals surface area contributed by atoms with E-state index in [0.29, 0.717) is 35.5 Å². The molecule has 36 heavy (non-hydrogen) atoms. The molecule has 0 unspecified atom stereocenters. The van der Waals surface area contributed by atoms with Crippen LogP contribution in [0.1, 0.15) is 36.6 Å². The molecule has 8 nitrogen and oxygen atoms in total. The molecular formula is C27H27BrN4O4. The van der Waals surface area contributed by atoms with Gasteiger partial charge in [0.05, 0.1) is 23.7 Å². The van der Waals surface area contributed by atoms with E-state index in [-0.39, 0.29) is 12.2 Å². The summed E-state index contributed by atoms with van der Waals surface area (Å²) in [6.07, 6.45) is 2.27. The van der Waals surface area contributed by atoms with Gasteiger partial charge >= 0.3 is 5.97 Å². The van der Waals surface area contributed by atoms with Crippen molar-refractivity contribution in [1.29, 1.82) is 0 Å². The van der Waals surface area contributed by atoms with Crippen molar-refractivity contribution >= 4 is 39.0 Å². The summed E-state index contributed by atoms with van der Waals surface area (Å²) in [4.78, 5) is 29.3. The predicted octanol–water partition coefficient (Wildman–Crippen LogP) is 4.95. The lowest BCUT2D eigenvalue weighted by atomic mass is 10.2. The van der Waals surface area contributed by atoms with Crippen molar-refractivity contribution in [3.63, 3.8) is 0 Å². The monoisotopic (exact) mass is 550 g/mol. The van der Waals surface area contributed by atoms with Gasteiger partial charge in [0.25, 0.3) is 5.56 Å². The maximum Gasteiger partial charge on any atom is 0.344 e. The van der Waals surface area contributed by atoms with E-state index in [2.05, 4.69) is 30.6 Å². The molecular weight excluding hydrogens is 524 g/mol. The number of aryl methyl sites for hydroxylation is 2. The molecule has 4 aromatic rings. The second-order valence-corrected chi connectivity index (χ2v) is 9.07. The molecule has 0 atom stereocenters. The minimum absolute atomic E-state index is 0.130. The van der Waals surface area contributed by atoms with Crippen molar-refractivity contribution in [2.75, 3.05) is 13.2 Å². The average molecular weight is 551 g/mol. The first-order chi connectivity index (χ1) is 17.3. The van der Waals surface area contributed by atoms with Crippen LogP contribution in [0, 0.1) is 13.8 Å². The van der Waals surface area contributed by atoms with Gasteiger partial charge in [0.15, 0.2) is 6.61 Å². The number of carbonyl (C=O) groups is 1. The highest BCUT2D eigenvalue weighted by Crippen LogP contribution is 2.22. The number of rotatable bonds is 8. The Morgan fingerprint density at radius 1 is 1.11 bits per heavy atom. The quantitative estimate of drug-likeness (QED) is 0.228. The molecule has 0 saturated heterocycles. The molecule has 0 aliphatic rings. The fraction of sp³-hybridized carbons (Fsp3) is 0.259. The Balaban J connectivity index is 1.62. The van der Waals surface area contributed by atoms with Crippen molar-refractivity contribution in [1.82, 2.24) is 14.2 Å².